The second-order valence-corrected chi connectivity index (χ2v) is 3.85. The lowest BCUT2D eigenvalue weighted by Gasteiger charge is -2.12. The highest BCUT2D eigenvalue weighted by Gasteiger charge is 2.09. The summed E-state index contributed by atoms with van der Waals surface area (Å²) in [6.07, 6.45) is 0.887. The van der Waals surface area contributed by atoms with Crippen molar-refractivity contribution in [3.8, 4) is 5.75 Å². The Bertz CT molecular complexity index is 382. The van der Waals surface area contributed by atoms with Crippen LogP contribution in [0.25, 0.3) is 0 Å². The van der Waals surface area contributed by atoms with Crippen molar-refractivity contribution < 1.29 is 14.3 Å². The Kier molecular flexibility index (Phi) is 5.80. The minimum atomic E-state index is -0.308. The summed E-state index contributed by atoms with van der Waals surface area (Å²) in [6.45, 7) is 0.766. The van der Waals surface area contributed by atoms with Crippen LogP contribution in [-0.2, 0) is 16.0 Å². The number of rotatable bonds is 6. The Morgan fingerprint density at radius 1 is 1.47 bits per heavy atom. The number of hydrogen-bond donors (Lipinski definition) is 1. The topological polar surface area (TPSA) is 61.5 Å². The fraction of sp³-hybridized carbons (Fsp3) is 0.417. The van der Waals surface area contributed by atoms with Crippen LogP contribution < -0.4 is 10.5 Å². The van der Waals surface area contributed by atoms with Gasteiger partial charge < -0.3 is 15.2 Å². The van der Waals surface area contributed by atoms with Gasteiger partial charge >= 0.3 is 5.97 Å². The van der Waals surface area contributed by atoms with Crippen molar-refractivity contribution >= 4 is 17.6 Å². The van der Waals surface area contributed by atoms with Crippen molar-refractivity contribution in [1.29, 1.82) is 0 Å². The summed E-state index contributed by atoms with van der Waals surface area (Å²) in [4.78, 5) is 10.9. The van der Waals surface area contributed by atoms with Gasteiger partial charge in [-0.1, -0.05) is 23.7 Å². The maximum absolute atomic E-state index is 10.9. The molecule has 0 heterocycles. The largest absolute Gasteiger partial charge is 0.491 e. The quantitative estimate of drug-likeness (QED) is 0.789. The molecule has 0 radical (unpaired) electrons. The summed E-state index contributed by atoms with van der Waals surface area (Å²) in [5.41, 5.74) is 6.45. The number of para-hydroxylation sites is 1. The standard InChI is InChI=1S/C12H16ClNO3/c1-16-11(15)6-8-17-12-9(5-7-14)3-2-4-10(12)13/h2-4H,5-8,14H2,1H3. The lowest BCUT2D eigenvalue weighted by Crippen LogP contribution is -2.10. The second-order valence-electron chi connectivity index (χ2n) is 3.44. The Morgan fingerprint density at radius 3 is 2.88 bits per heavy atom. The first-order valence-electron chi connectivity index (χ1n) is 5.36. The zero-order valence-electron chi connectivity index (χ0n) is 9.74. The first-order chi connectivity index (χ1) is 8.19. The summed E-state index contributed by atoms with van der Waals surface area (Å²) in [7, 11) is 1.34. The minimum absolute atomic E-state index is 0.198. The molecule has 0 amide bonds. The molecule has 0 saturated carbocycles. The van der Waals surface area contributed by atoms with E-state index in [1.54, 1.807) is 6.07 Å². The molecule has 0 fully saturated rings. The number of halogens is 1. The summed E-state index contributed by atoms with van der Waals surface area (Å²) in [5.74, 6) is 0.293. The zero-order chi connectivity index (χ0) is 12.7. The number of methoxy groups -OCH3 is 1. The molecule has 1 rings (SSSR count). The molecule has 5 heteroatoms. The maximum atomic E-state index is 10.9. The monoisotopic (exact) mass is 257 g/mol. The number of esters is 1. The van der Waals surface area contributed by atoms with E-state index in [1.165, 1.54) is 7.11 Å². The molecule has 0 unspecified atom stereocenters. The molecule has 0 aliphatic heterocycles. The van der Waals surface area contributed by atoms with E-state index in [2.05, 4.69) is 4.74 Å². The zero-order valence-corrected chi connectivity index (χ0v) is 10.5. The molecule has 0 saturated heterocycles. The maximum Gasteiger partial charge on any atom is 0.308 e. The van der Waals surface area contributed by atoms with Crippen molar-refractivity contribution in [2.75, 3.05) is 20.3 Å². The first kappa shape index (κ1) is 13.8. The third-order valence-electron chi connectivity index (χ3n) is 2.24. The van der Waals surface area contributed by atoms with E-state index in [0.717, 1.165) is 5.56 Å². The number of benzene rings is 1. The number of nitrogens with two attached hydrogens (primary N) is 1. The number of carbonyl (C=O) groups is 1. The number of ether oxygens (including phenoxy) is 2. The number of hydrogen-bond acceptors (Lipinski definition) is 4. The van der Waals surface area contributed by atoms with Crippen LogP contribution in [0.5, 0.6) is 5.75 Å². The predicted octanol–water partition coefficient (Wildman–Crippen LogP) is 1.78. The predicted molar refractivity (Wildman–Crippen MR) is 66.3 cm³/mol. The van der Waals surface area contributed by atoms with Crippen LogP contribution in [0.3, 0.4) is 0 Å². The van der Waals surface area contributed by atoms with Crippen LogP contribution in [-0.4, -0.2) is 26.2 Å². The van der Waals surface area contributed by atoms with Gasteiger partial charge in [0.15, 0.2) is 0 Å². The van der Waals surface area contributed by atoms with Crippen molar-refractivity contribution in [2.24, 2.45) is 5.73 Å². The third-order valence-corrected chi connectivity index (χ3v) is 2.54. The lowest BCUT2D eigenvalue weighted by molar-refractivity contribution is -0.141. The number of carbonyl (C=O) groups excluding carboxylic acids is 1. The minimum Gasteiger partial charge on any atom is -0.491 e. The molecule has 1 aromatic rings. The molecule has 0 atom stereocenters. The van der Waals surface area contributed by atoms with Gasteiger partial charge in [-0.25, -0.2) is 0 Å². The van der Waals surface area contributed by atoms with Crippen molar-refractivity contribution in [3.63, 3.8) is 0 Å². The summed E-state index contributed by atoms with van der Waals surface area (Å²) >= 11 is 6.03. The van der Waals surface area contributed by atoms with E-state index >= 15 is 0 Å². The molecule has 2 N–H and O–H groups in total. The molecule has 1 aromatic carbocycles. The summed E-state index contributed by atoms with van der Waals surface area (Å²) in [6, 6.07) is 5.50. The van der Waals surface area contributed by atoms with Gasteiger partial charge in [-0.05, 0) is 24.6 Å². The van der Waals surface area contributed by atoms with Gasteiger partial charge in [-0.2, -0.15) is 0 Å². The van der Waals surface area contributed by atoms with Gasteiger partial charge in [0.1, 0.15) is 5.75 Å². The lowest BCUT2D eigenvalue weighted by atomic mass is 10.1. The Hall–Kier alpha value is -1.26. The fourth-order valence-corrected chi connectivity index (χ4v) is 1.65. The molecular formula is C12H16ClNO3. The highest BCUT2D eigenvalue weighted by molar-refractivity contribution is 6.32. The van der Waals surface area contributed by atoms with Crippen LogP contribution in [0.2, 0.25) is 5.02 Å². The molecule has 0 aliphatic rings. The summed E-state index contributed by atoms with van der Waals surface area (Å²) < 4.78 is 10.0. The Labute approximate surface area is 106 Å². The first-order valence-corrected chi connectivity index (χ1v) is 5.74. The Balaban J connectivity index is 2.65. The molecule has 0 aliphatic carbocycles. The molecule has 0 spiro atoms. The van der Waals surface area contributed by atoms with Gasteiger partial charge in [0.25, 0.3) is 0 Å². The van der Waals surface area contributed by atoms with Crippen LogP contribution >= 0.6 is 11.6 Å². The average molecular weight is 258 g/mol. The average Bonchev–Trinajstić information content (AvgIpc) is 2.32. The highest BCUT2D eigenvalue weighted by atomic mass is 35.5. The van der Waals surface area contributed by atoms with Gasteiger partial charge in [-0.3, -0.25) is 4.79 Å². The SMILES string of the molecule is COC(=O)CCOc1c(Cl)cccc1CCN. The molecule has 0 aromatic heterocycles. The van der Waals surface area contributed by atoms with Gasteiger partial charge in [0.05, 0.1) is 25.2 Å². The van der Waals surface area contributed by atoms with E-state index in [1.807, 2.05) is 12.1 Å². The van der Waals surface area contributed by atoms with Crippen molar-refractivity contribution in [1.82, 2.24) is 0 Å². The van der Waals surface area contributed by atoms with Crippen LogP contribution in [0.1, 0.15) is 12.0 Å². The van der Waals surface area contributed by atoms with E-state index < -0.39 is 0 Å². The van der Waals surface area contributed by atoms with E-state index in [4.69, 9.17) is 22.1 Å². The summed E-state index contributed by atoms with van der Waals surface area (Å²) in [5, 5.41) is 0.529. The molecule has 0 bridgehead atoms. The van der Waals surface area contributed by atoms with Gasteiger partial charge in [0, 0.05) is 0 Å². The van der Waals surface area contributed by atoms with Crippen LogP contribution in [0.15, 0.2) is 18.2 Å². The van der Waals surface area contributed by atoms with Gasteiger partial charge in [0.2, 0.25) is 0 Å². The van der Waals surface area contributed by atoms with Crippen LogP contribution in [0.4, 0.5) is 0 Å². The molecule has 4 nitrogen and oxygen atoms in total. The van der Waals surface area contributed by atoms with E-state index in [0.29, 0.717) is 23.7 Å². The smallest absolute Gasteiger partial charge is 0.308 e. The highest BCUT2D eigenvalue weighted by Crippen LogP contribution is 2.28. The molecule has 94 valence electrons. The van der Waals surface area contributed by atoms with Crippen molar-refractivity contribution in [3.05, 3.63) is 28.8 Å². The van der Waals surface area contributed by atoms with E-state index in [9.17, 15) is 4.79 Å². The van der Waals surface area contributed by atoms with E-state index in [-0.39, 0.29) is 19.0 Å². The molecule has 17 heavy (non-hydrogen) atoms. The van der Waals surface area contributed by atoms with Crippen molar-refractivity contribution in [2.45, 2.75) is 12.8 Å². The Morgan fingerprint density at radius 2 is 2.24 bits per heavy atom. The third kappa shape index (κ3) is 4.24. The fourth-order valence-electron chi connectivity index (χ4n) is 1.41. The van der Waals surface area contributed by atoms with Gasteiger partial charge in [-0.15, -0.1) is 0 Å². The second kappa shape index (κ2) is 7.14. The normalized spacial score (nSPS) is 10.1. The molecular weight excluding hydrogens is 242 g/mol. The van der Waals surface area contributed by atoms with Crippen LogP contribution in [0, 0.1) is 0 Å².